The number of esters is 2. The van der Waals surface area contributed by atoms with Crippen molar-refractivity contribution in [2.45, 2.75) is 64.7 Å². The van der Waals surface area contributed by atoms with Crippen molar-refractivity contribution in [1.82, 2.24) is 9.88 Å². The van der Waals surface area contributed by atoms with Gasteiger partial charge in [0.25, 0.3) is 0 Å². The summed E-state index contributed by atoms with van der Waals surface area (Å²) in [7, 11) is 2.80. The van der Waals surface area contributed by atoms with Gasteiger partial charge in [0.15, 0.2) is 5.69 Å². The molecule has 2 aromatic rings. The van der Waals surface area contributed by atoms with Crippen LogP contribution in [0.4, 0.5) is 4.79 Å². The molecule has 1 saturated heterocycles. The monoisotopic (exact) mass is 502 g/mol. The maximum absolute atomic E-state index is 12.9. The van der Waals surface area contributed by atoms with Crippen molar-refractivity contribution in [3.05, 3.63) is 30.0 Å². The number of hydrogen-bond donors (Lipinski definition) is 0. The Morgan fingerprint density at radius 1 is 1.14 bits per heavy atom. The molecular weight excluding hydrogens is 468 g/mol. The number of carbonyl (C=O) groups excluding carboxylic acids is 3. The highest BCUT2D eigenvalue weighted by Crippen LogP contribution is 2.32. The standard InChI is InChI=1S/C26H34N2O8/c1-7-8-11-34-24(30)21-13-17(15-28(21)25(31)36-26(2,3)4)35-22-14-20(23(29)33-6)27-19-12-16(32-5)9-10-18(19)22/h9-10,12,14,17,21H,7-8,11,13,15H2,1-6H3/t17-,21+/m1/s1. The van der Waals surface area contributed by atoms with E-state index in [-0.39, 0.29) is 25.3 Å². The third-order valence-corrected chi connectivity index (χ3v) is 5.57. The first-order valence-corrected chi connectivity index (χ1v) is 12.0. The van der Waals surface area contributed by atoms with E-state index in [4.69, 9.17) is 23.7 Å². The lowest BCUT2D eigenvalue weighted by Gasteiger charge is -2.27. The number of nitrogens with zero attached hydrogens (tertiary/aromatic N) is 2. The second kappa shape index (κ2) is 11.5. The van der Waals surface area contributed by atoms with E-state index < -0.39 is 35.8 Å². The summed E-state index contributed by atoms with van der Waals surface area (Å²) in [5.74, 6) is -0.184. The lowest BCUT2D eigenvalue weighted by Crippen LogP contribution is -2.44. The molecule has 36 heavy (non-hydrogen) atoms. The maximum atomic E-state index is 12.9. The van der Waals surface area contributed by atoms with Gasteiger partial charge in [-0.3, -0.25) is 4.90 Å². The van der Waals surface area contributed by atoms with Crippen LogP contribution < -0.4 is 9.47 Å². The summed E-state index contributed by atoms with van der Waals surface area (Å²) in [6, 6.07) is 5.85. The third-order valence-electron chi connectivity index (χ3n) is 5.57. The van der Waals surface area contributed by atoms with Crippen LogP contribution in [0.15, 0.2) is 24.3 Å². The van der Waals surface area contributed by atoms with Gasteiger partial charge in [0.1, 0.15) is 29.2 Å². The number of benzene rings is 1. The quantitative estimate of drug-likeness (QED) is 0.299. The van der Waals surface area contributed by atoms with Crippen LogP contribution in [0.1, 0.15) is 57.4 Å². The summed E-state index contributed by atoms with van der Waals surface area (Å²) in [6.45, 7) is 7.66. The number of rotatable bonds is 8. The van der Waals surface area contributed by atoms with Gasteiger partial charge in [-0.05, 0) is 39.3 Å². The van der Waals surface area contributed by atoms with Crippen molar-refractivity contribution < 1.29 is 38.1 Å². The topological polar surface area (TPSA) is 113 Å². The number of likely N-dealkylation sites (tertiary alicyclic amines) is 1. The summed E-state index contributed by atoms with van der Waals surface area (Å²) in [4.78, 5) is 43.7. The van der Waals surface area contributed by atoms with Gasteiger partial charge in [0.05, 0.1) is 32.9 Å². The minimum Gasteiger partial charge on any atom is -0.497 e. The Kier molecular flexibility index (Phi) is 8.60. The van der Waals surface area contributed by atoms with Gasteiger partial charge < -0.3 is 23.7 Å². The number of amides is 1. The van der Waals surface area contributed by atoms with Crippen molar-refractivity contribution in [2.24, 2.45) is 0 Å². The minimum absolute atomic E-state index is 0.0609. The summed E-state index contributed by atoms with van der Waals surface area (Å²) in [5.41, 5.74) is -0.196. The molecule has 0 saturated carbocycles. The predicted molar refractivity (Wildman–Crippen MR) is 131 cm³/mol. The molecule has 10 heteroatoms. The predicted octanol–water partition coefficient (Wildman–Crippen LogP) is 4.13. The van der Waals surface area contributed by atoms with Crippen molar-refractivity contribution in [3.8, 4) is 11.5 Å². The molecular formula is C26H34N2O8. The largest absolute Gasteiger partial charge is 0.497 e. The second-order valence-corrected chi connectivity index (χ2v) is 9.53. The first-order valence-electron chi connectivity index (χ1n) is 12.0. The lowest BCUT2D eigenvalue weighted by molar-refractivity contribution is -0.149. The number of carbonyl (C=O) groups is 3. The van der Waals surface area contributed by atoms with E-state index in [9.17, 15) is 14.4 Å². The van der Waals surface area contributed by atoms with E-state index in [1.165, 1.54) is 25.2 Å². The lowest BCUT2D eigenvalue weighted by atomic mass is 10.1. The van der Waals surface area contributed by atoms with Crippen molar-refractivity contribution in [3.63, 3.8) is 0 Å². The van der Waals surface area contributed by atoms with Crippen LogP contribution in [0.2, 0.25) is 0 Å². The van der Waals surface area contributed by atoms with Crippen LogP contribution in [0.5, 0.6) is 11.5 Å². The van der Waals surface area contributed by atoms with Gasteiger partial charge in [-0.15, -0.1) is 0 Å². The molecule has 1 aromatic heterocycles. The Bertz CT molecular complexity index is 1110. The second-order valence-electron chi connectivity index (χ2n) is 9.53. The van der Waals surface area contributed by atoms with Gasteiger partial charge in [-0.1, -0.05) is 13.3 Å². The first kappa shape index (κ1) is 27.0. The van der Waals surface area contributed by atoms with E-state index >= 15 is 0 Å². The average molecular weight is 503 g/mol. The molecule has 2 atom stereocenters. The van der Waals surface area contributed by atoms with Crippen LogP contribution in [-0.2, 0) is 19.0 Å². The fraction of sp³-hybridized carbons (Fsp3) is 0.538. The molecule has 1 aromatic carbocycles. The van der Waals surface area contributed by atoms with E-state index in [0.717, 1.165) is 12.8 Å². The average Bonchev–Trinajstić information content (AvgIpc) is 3.26. The van der Waals surface area contributed by atoms with Gasteiger partial charge in [-0.25, -0.2) is 19.4 Å². The van der Waals surface area contributed by atoms with Gasteiger partial charge in [0.2, 0.25) is 0 Å². The van der Waals surface area contributed by atoms with Crippen LogP contribution in [0.3, 0.4) is 0 Å². The minimum atomic E-state index is -0.852. The molecule has 196 valence electrons. The van der Waals surface area contributed by atoms with Gasteiger partial charge in [0, 0.05) is 23.9 Å². The highest BCUT2D eigenvalue weighted by Gasteiger charge is 2.43. The van der Waals surface area contributed by atoms with Crippen LogP contribution >= 0.6 is 0 Å². The van der Waals surface area contributed by atoms with E-state index in [0.29, 0.717) is 22.4 Å². The zero-order valence-corrected chi connectivity index (χ0v) is 21.7. The van der Waals surface area contributed by atoms with Crippen LogP contribution in [-0.4, -0.2) is 73.0 Å². The van der Waals surface area contributed by atoms with Crippen LogP contribution in [0.25, 0.3) is 10.9 Å². The molecule has 0 spiro atoms. The Morgan fingerprint density at radius 3 is 2.53 bits per heavy atom. The number of pyridine rings is 1. The number of methoxy groups -OCH3 is 2. The number of hydrogen-bond acceptors (Lipinski definition) is 9. The fourth-order valence-electron chi connectivity index (χ4n) is 3.83. The summed E-state index contributed by atoms with van der Waals surface area (Å²) >= 11 is 0. The number of unbranched alkanes of at least 4 members (excludes halogenated alkanes) is 1. The van der Waals surface area contributed by atoms with Gasteiger partial charge in [-0.2, -0.15) is 0 Å². The summed E-state index contributed by atoms with van der Waals surface area (Å²) in [6.07, 6.45) is 0.637. The molecule has 2 heterocycles. The highest BCUT2D eigenvalue weighted by molar-refractivity contribution is 5.94. The van der Waals surface area contributed by atoms with Crippen molar-refractivity contribution in [2.75, 3.05) is 27.4 Å². The van der Waals surface area contributed by atoms with Crippen molar-refractivity contribution in [1.29, 1.82) is 0 Å². The summed E-state index contributed by atoms with van der Waals surface area (Å²) < 4.78 is 27.3. The van der Waals surface area contributed by atoms with Crippen molar-refractivity contribution >= 4 is 28.9 Å². The molecule has 0 radical (unpaired) electrons. The van der Waals surface area contributed by atoms with Crippen LogP contribution in [0, 0.1) is 0 Å². The Morgan fingerprint density at radius 2 is 1.89 bits per heavy atom. The molecule has 1 amide bonds. The maximum Gasteiger partial charge on any atom is 0.411 e. The van der Waals surface area contributed by atoms with Gasteiger partial charge >= 0.3 is 18.0 Å². The molecule has 1 fully saturated rings. The molecule has 10 nitrogen and oxygen atoms in total. The highest BCUT2D eigenvalue weighted by atomic mass is 16.6. The SMILES string of the molecule is CCCCOC(=O)[C@@H]1C[C@@H](Oc2cc(C(=O)OC)nc3cc(OC)ccc23)CN1C(=O)OC(C)(C)C. The molecule has 3 rings (SSSR count). The van der Waals surface area contributed by atoms with E-state index in [1.54, 1.807) is 39.0 Å². The molecule has 1 aliphatic rings. The molecule has 1 aliphatic heterocycles. The fourth-order valence-corrected chi connectivity index (χ4v) is 3.83. The number of fused-ring (bicyclic) bond motifs is 1. The Balaban J connectivity index is 1.91. The smallest absolute Gasteiger partial charge is 0.411 e. The van der Waals surface area contributed by atoms with E-state index in [1.807, 2.05) is 6.92 Å². The number of ether oxygens (including phenoxy) is 5. The van der Waals surface area contributed by atoms with E-state index in [2.05, 4.69) is 4.98 Å². The first-order chi connectivity index (χ1) is 17.1. The Labute approximate surface area is 210 Å². The Hall–Kier alpha value is -3.56. The molecule has 0 bridgehead atoms. The zero-order chi connectivity index (χ0) is 26.5. The molecule has 0 N–H and O–H groups in total. The molecule has 0 aliphatic carbocycles. The summed E-state index contributed by atoms with van der Waals surface area (Å²) in [5, 5.41) is 0.640. The molecule has 0 unspecified atom stereocenters. The normalized spacial score (nSPS) is 17.6. The zero-order valence-electron chi connectivity index (χ0n) is 21.7. The third kappa shape index (κ3) is 6.56. The number of aromatic nitrogens is 1.